The van der Waals surface area contributed by atoms with Crippen molar-refractivity contribution in [3.63, 3.8) is 0 Å². The Labute approximate surface area is 128 Å². The molecular weight excluding hydrogens is 298 g/mol. The quantitative estimate of drug-likeness (QED) is 0.507. The van der Waals surface area contributed by atoms with Gasteiger partial charge in [-0.1, -0.05) is 0 Å². The molecule has 9 heteroatoms. The van der Waals surface area contributed by atoms with Gasteiger partial charge in [0, 0.05) is 27.9 Å². The molecule has 1 aliphatic rings. The van der Waals surface area contributed by atoms with Crippen LogP contribution in [0.25, 0.3) is 0 Å². The molecule has 0 bridgehead atoms. The summed E-state index contributed by atoms with van der Waals surface area (Å²) in [6.07, 6.45) is -4.64. The Hall–Kier alpha value is -1.71. The van der Waals surface area contributed by atoms with Crippen LogP contribution in [-0.2, 0) is 38.1 Å². The van der Waals surface area contributed by atoms with E-state index in [-0.39, 0.29) is 6.61 Å². The number of carbonyl (C=O) groups excluding carboxylic acids is 3. The van der Waals surface area contributed by atoms with Crippen LogP contribution in [0.1, 0.15) is 20.8 Å². The minimum absolute atomic E-state index is 0.133. The summed E-state index contributed by atoms with van der Waals surface area (Å²) in [7, 11) is 1.37. The van der Waals surface area contributed by atoms with Gasteiger partial charge in [-0.25, -0.2) is 0 Å². The normalized spacial score (nSPS) is 31.2. The van der Waals surface area contributed by atoms with Crippen molar-refractivity contribution in [3.8, 4) is 0 Å². The van der Waals surface area contributed by atoms with E-state index in [9.17, 15) is 14.4 Å². The molecule has 0 aromatic carbocycles. The van der Waals surface area contributed by atoms with Crippen molar-refractivity contribution in [2.24, 2.45) is 5.73 Å². The maximum atomic E-state index is 11.3. The Kier molecular flexibility index (Phi) is 6.72. The highest BCUT2D eigenvalue weighted by Gasteiger charge is 2.49. The molecule has 2 unspecified atom stereocenters. The third-order valence-electron chi connectivity index (χ3n) is 3.00. The maximum Gasteiger partial charge on any atom is 0.303 e. The number of hydrogen-bond acceptors (Lipinski definition) is 9. The summed E-state index contributed by atoms with van der Waals surface area (Å²) in [5.74, 6) is -1.70. The molecule has 0 spiro atoms. The molecule has 2 N–H and O–H groups in total. The van der Waals surface area contributed by atoms with E-state index in [1.165, 1.54) is 27.9 Å². The molecule has 1 saturated heterocycles. The molecule has 0 aromatic rings. The van der Waals surface area contributed by atoms with Gasteiger partial charge in [-0.3, -0.25) is 14.4 Å². The lowest BCUT2D eigenvalue weighted by molar-refractivity contribution is -0.250. The first-order chi connectivity index (χ1) is 10.3. The molecule has 1 heterocycles. The van der Waals surface area contributed by atoms with Crippen molar-refractivity contribution in [2.75, 3.05) is 13.7 Å². The fraction of sp³-hybridized carbons (Fsp3) is 0.769. The van der Waals surface area contributed by atoms with E-state index in [0.717, 1.165) is 0 Å². The predicted molar refractivity (Wildman–Crippen MR) is 71.4 cm³/mol. The van der Waals surface area contributed by atoms with Crippen LogP contribution in [0.5, 0.6) is 0 Å². The van der Waals surface area contributed by atoms with Crippen LogP contribution in [0.3, 0.4) is 0 Å². The van der Waals surface area contributed by atoms with Crippen LogP contribution >= 0.6 is 0 Å². The van der Waals surface area contributed by atoms with Crippen LogP contribution in [-0.4, -0.2) is 62.3 Å². The van der Waals surface area contributed by atoms with Crippen LogP contribution in [0.2, 0.25) is 0 Å². The van der Waals surface area contributed by atoms with Crippen LogP contribution < -0.4 is 5.73 Å². The molecule has 1 fully saturated rings. The highest BCUT2D eigenvalue weighted by atomic mass is 16.6. The van der Waals surface area contributed by atoms with E-state index in [1.54, 1.807) is 0 Å². The number of hydrogen-bond donors (Lipinski definition) is 1. The van der Waals surface area contributed by atoms with Crippen molar-refractivity contribution >= 4 is 17.9 Å². The summed E-state index contributed by atoms with van der Waals surface area (Å²) in [6.45, 7) is 3.52. The average molecular weight is 319 g/mol. The van der Waals surface area contributed by atoms with Gasteiger partial charge in [-0.15, -0.1) is 0 Å². The molecular formula is C13H21NO8. The van der Waals surface area contributed by atoms with E-state index in [2.05, 4.69) is 0 Å². The topological polar surface area (TPSA) is 123 Å². The Balaban J connectivity index is 2.96. The summed E-state index contributed by atoms with van der Waals surface area (Å²) < 4.78 is 25.9. The van der Waals surface area contributed by atoms with E-state index in [4.69, 9.17) is 29.4 Å². The average Bonchev–Trinajstić information content (AvgIpc) is 2.39. The van der Waals surface area contributed by atoms with Crippen molar-refractivity contribution in [3.05, 3.63) is 0 Å². The first kappa shape index (κ1) is 18.3. The van der Waals surface area contributed by atoms with Crippen molar-refractivity contribution in [1.82, 2.24) is 0 Å². The lowest BCUT2D eigenvalue weighted by Gasteiger charge is -2.43. The smallest absolute Gasteiger partial charge is 0.303 e. The number of methoxy groups -OCH3 is 1. The largest absolute Gasteiger partial charge is 0.463 e. The van der Waals surface area contributed by atoms with E-state index in [0.29, 0.717) is 0 Å². The fourth-order valence-electron chi connectivity index (χ4n) is 2.21. The maximum absolute atomic E-state index is 11.3. The summed E-state index contributed by atoms with van der Waals surface area (Å²) >= 11 is 0. The molecule has 0 amide bonds. The molecule has 0 aliphatic carbocycles. The molecule has 0 aromatic heterocycles. The second kappa shape index (κ2) is 8.06. The molecule has 0 saturated carbocycles. The third kappa shape index (κ3) is 4.93. The first-order valence-corrected chi connectivity index (χ1v) is 6.68. The van der Waals surface area contributed by atoms with Crippen LogP contribution in [0, 0.1) is 0 Å². The zero-order chi connectivity index (χ0) is 16.9. The van der Waals surface area contributed by atoms with Gasteiger partial charge in [0.25, 0.3) is 0 Å². The Morgan fingerprint density at radius 1 is 0.955 bits per heavy atom. The lowest BCUT2D eigenvalue weighted by Crippen LogP contribution is -2.64. The Bertz CT molecular complexity index is 426. The predicted octanol–water partition coefficient (Wildman–Crippen LogP) is -0.888. The number of nitrogens with two attached hydrogens (primary N) is 1. The Morgan fingerprint density at radius 3 is 1.95 bits per heavy atom. The van der Waals surface area contributed by atoms with Gasteiger partial charge >= 0.3 is 17.9 Å². The van der Waals surface area contributed by atoms with Crippen molar-refractivity contribution in [1.29, 1.82) is 0 Å². The van der Waals surface area contributed by atoms with Gasteiger partial charge in [-0.05, 0) is 0 Å². The molecule has 9 nitrogen and oxygen atoms in total. The van der Waals surface area contributed by atoms with Gasteiger partial charge in [0.2, 0.25) is 0 Å². The second-order valence-corrected chi connectivity index (χ2v) is 4.79. The van der Waals surface area contributed by atoms with Crippen LogP contribution in [0.15, 0.2) is 0 Å². The van der Waals surface area contributed by atoms with Gasteiger partial charge < -0.3 is 29.4 Å². The molecule has 1 rings (SSSR count). The lowest BCUT2D eigenvalue weighted by atomic mass is 9.97. The van der Waals surface area contributed by atoms with Gasteiger partial charge in [-0.2, -0.15) is 0 Å². The van der Waals surface area contributed by atoms with Crippen molar-refractivity contribution in [2.45, 2.75) is 51.4 Å². The summed E-state index contributed by atoms with van der Waals surface area (Å²) in [4.78, 5) is 33.4. The molecule has 126 valence electrons. The van der Waals surface area contributed by atoms with Gasteiger partial charge in [0.15, 0.2) is 12.2 Å². The second-order valence-electron chi connectivity index (χ2n) is 4.79. The highest BCUT2D eigenvalue weighted by Crippen LogP contribution is 2.26. The van der Waals surface area contributed by atoms with E-state index in [1.807, 2.05) is 0 Å². The molecule has 5 atom stereocenters. The Morgan fingerprint density at radius 2 is 1.50 bits per heavy atom. The number of ether oxygens (including phenoxy) is 5. The fourth-order valence-corrected chi connectivity index (χ4v) is 2.21. The zero-order valence-corrected chi connectivity index (χ0v) is 12.9. The molecule has 0 radical (unpaired) electrons. The minimum Gasteiger partial charge on any atom is -0.463 e. The van der Waals surface area contributed by atoms with Crippen molar-refractivity contribution < 1.29 is 38.1 Å². The molecule has 1 aliphatic heterocycles. The monoisotopic (exact) mass is 319 g/mol. The van der Waals surface area contributed by atoms with Gasteiger partial charge in [0.05, 0.1) is 0 Å². The zero-order valence-electron chi connectivity index (χ0n) is 12.9. The van der Waals surface area contributed by atoms with E-state index >= 15 is 0 Å². The molecule has 22 heavy (non-hydrogen) atoms. The third-order valence-corrected chi connectivity index (χ3v) is 3.00. The first-order valence-electron chi connectivity index (χ1n) is 6.68. The number of esters is 3. The summed E-state index contributed by atoms with van der Waals surface area (Å²) in [5, 5.41) is 0. The van der Waals surface area contributed by atoms with E-state index < -0.39 is 48.6 Å². The summed E-state index contributed by atoms with van der Waals surface area (Å²) in [5.41, 5.74) is 5.82. The number of rotatable bonds is 5. The number of carbonyl (C=O) groups is 3. The highest BCUT2D eigenvalue weighted by molar-refractivity contribution is 5.67. The van der Waals surface area contributed by atoms with Crippen LogP contribution in [0.4, 0.5) is 0 Å². The van der Waals surface area contributed by atoms with Gasteiger partial charge in [0.1, 0.15) is 25.0 Å². The minimum atomic E-state index is -1.06. The standard InChI is InChI=1S/C13H21NO8/c1-6(15)19-5-9-10(18-4)11(20-7(2)16)12(13(14)22-9)21-8(3)17/h9-13H,5,14H2,1-4H3/t9?,10-,11+,12?,13-/m1/s1. The summed E-state index contributed by atoms with van der Waals surface area (Å²) in [6, 6.07) is 0. The SMILES string of the molecule is CO[C@@H]1C(COC(C)=O)O[C@@H](N)C(OC(C)=O)[C@H]1OC(C)=O.